The van der Waals surface area contributed by atoms with Crippen LogP contribution in [0.15, 0.2) is 41.3 Å². The zero-order valence-electron chi connectivity index (χ0n) is 10.6. The molecule has 94 valence electrons. The van der Waals surface area contributed by atoms with Crippen LogP contribution in [-0.4, -0.2) is 16.6 Å². The maximum absolute atomic E-state index is 11.9. The molecule has 0 aliphatic heterocycles. The first kappa shape index (κ1) is 12.4. The molecule has 1 aromatic heterocycles. The normalized spacial score (nSPS) is 11.3. The van der Waals surface area contributed by atoms with Crippen molar-refractivity contribution < 1.29 is 13.9 Å². The number of nitrogens with zero attached hydrogens (tertiary/aromatic N) is 1. The minimum atomic E-state index is -0.499. The Morgan fingerprint density at radius 1 is 1.33 bits per heavy atom. The number of benzene rings is 1. The Morgan fingerprint density at radius 3 is 2.72 bits per heavy atom. The van der Waals surface area contributed by atoms with Gasteiger partial charge in [-0.1, -0.05) is 12.1 Å². The molecule has 1 aromatic carbocycles. The molecule has 18 heavy (non-hydrogen) atoms. The summed E-state index contributed by atoms with van der Waals surface area (Å²) in [6, 6.07) is 7.12. The number of hydrogen-bond acceptors (Lipinski definition) is 4. The van der Waals surface area contributed by atoms with Crippen molar-refractivity contribution in [2.24, 2.45) is 0 Å². The Balaban J connectivity index is 2.25. The summed E-state index contributed by atoms with van der Waals surface area (Å²) in [6.45, 7) is 5.52. The number of carbonyl (C=O) groups excluding carboxylic acids is 1. The number of oxazole rings is 1. The fraction of sp³-hybridized carbons (Fsp3) is 0.286. The van der Waals surface area contributed by atoms with Gasteiger partial charge >= 0.3 is 5.97 Å². The first-order valence-electron chi connectivity index (χ1n) is 5.68. The van der Waals surface area contributed by atoms with E-state index < -0.39 is 5.60 Å². The monoisotopic (exact) mass is 245 g/mol. The quantitative estimate of drug-likeness (QED) is 0.762. The second kappa shape index (κ2) is 4.64. The van der Waals surface area contributed by atoms with Crippen molar-refractivity contribution in [3.8, 4) is 11.3 Å². The molecule has 4 nitrogen and oxygen atoms in total. The highest BCUT2D eigenvalue weighted by Crippen LogP contribution is 2.20. The van der Waals surface area contributed by atoms with Gasteiger partial charge in [0.25, 0.3) is 0 Å². The molecule has 4 heteroatoms. The van der Waals surface area contributed by atoms with E-state index in [0.29, 0.717) is 11.3 Å². The molecule has 2 aromatic rings. The highest BCUT2D eigenvalue weighted by atomic mass is 16.6. The molecule has 0 amide bonds. The number of hydrogen-bond donors (Lipinski definition) is 0. The average Bonchev–Trinajstić information content (AvgIpc) is 2.80. The van der Waals surface area contributed by atoms with Crippen LogP contribution < -0.4 is 0 Å². The van der Waals surface area contributed by atoms with Gasteiger partial charge in [0, 0.05) is 5.56 Å². The van der Waals surface area contributed by atoms with Gasteiger partial charge in [-0.05, 0) is 32.9 Å². The van der Waals surface area contributed by atoms with Crippen LogP contribution in [0.2, 0.25) is 0 Å². The molecule has 0 fully saturated rings. The van der Waals surface area contributed by atoms with E-state index in [1.807, 2.05) is 26.8 Å². The molecular formula is C14H15NO3. The van der Waals surface area contributed by atoms with Crippen molar-refractivity contribution in [1.29, 1.82) is 0 Å². The van der Waals surface area contributed by atoms with Gasteiger partial charge in [-0.25, -0.2) is 9.78 Å². The van der Waals surface area contributed by atoms with Crippen LogP contribution in [-0.2, 0) is 4.74 Å². The van der Waals surface area contributed by atoms with Gasteiger partial charge in [0.1, 0.15) is 17.6 Å². The molecule has 0 saturated carbocycles. The molecule has 0 aliphatic rings. The summed E-state index contributed by atoms with van der Waals surface area (Å²) in [4.78, 5) is 16.0. The van der Waals surface area contributed by atoms with Crippen LogP contribution in [0.5, 0.6) is 0 Å². The molecule has 0 atom stereocenters. The van der Waals surface area contributed by atoms with Crippen molar-refractivity contribution >= 4 is 5.97 Å². The molecule has 0 bridgehead atoms. The fourth-order valence-electron chi connectivity index (χ4n) is 1.50. The number of ether oxygens (including phenoxy) is 1. The minimum Gasteiger partial charge on any atom is -0.456 e. The minimum absolute atomic E-state index is 0.340. The largest absolute Gasteiger partial charge is 0.456 e. The topological polar surface area (TPSA) is 52.3 Å². The summed E-state index contributed by atoms with van der Waals surface area (Å²) >= 11 is 0. The van der Waals surface area contributed by atoms with E-state index in [9.17, 15) is 4.79 Å². The smallest absolute Gasteiger partial charge is 0.338 e. The Kier molecular flexibility index (Phi) is 3.19. The van der Waals surface area contributed by atoms with Gasteiger partial charge in [0.15, 0.2) is 6.39 Å². The van der Waals surface area contributed by atoms with Crippen LogP contribution in [0.3, 0.4) is 0 Å². The number of rotatable bonds is 2. The lowest BCUT2D eigenvalue weighted by molar-refractivity contribution is 0.00696. The van der Waals surface area contributed by atoms with Gasteiger partial charge in [-0.2, -0.15) is 0 Å². The molecule has 1 heterocycles. The highest BCUT2D eigenvalue weighted by Gasteiger charge is 2.18. The predicted molar refractivity (Wildman–Crippen MR) is 67.1 cm³/mol. The summed E-state index contributed by atoms with van der Waals surface area (Å²) < 4.78 is 10.2. The lowest BCUT2D eigenvalue weighted by atomic mass is 10.1. The van der Waals surface area contributed by atoms with Gasteiger partial charge in [0.2, 0.25) is 0 Å². The van der Waals surface area contributed by atoms with E-state index in [4.69, 9.17) is 9.15 Å². The Labute approximate surface area is 106 Å². The first-order chi connectivity index (χ1) is 8.46. The summed E-state index contributed by atoms with van der Waals surface area (Å²) in [5, 5.41) is 0. The summed E-state index contributed by atoms with van der Waals surface area (Å²) in [7, 11) is 0. The highest BCUT2D eigenvalue weighted by molar-refractivity contribution is 5.91. The average molecular weight is 245 g/mol. The lowest BCUT2D eigenvalue weighted by Gasteiger charge is -2.19. The summed E-state index contributed by atoms with van der Waals surface area (Å²) in [5.41, 5.74) is 1.53. The molecule has 0 saturated heterocycles. The zero-order valence-corrected chi connectivity index (χ0v) is 10.6. The van der Waals surface area contributed by atoms with Crippen molar-refractivity contribution in [2.45, 2.75) is 26.4 Å². The van der Waals surface area contributed by atoms with E-state index >= 15 is 0 Å². The third-order valence-electron chi connectivity index (χ3n) is 2.23. The van der Waals surface area contributed by atoms with E-state index in [2.05, 4.69) is 4.98 Å². The van der Waals surface area contributed by atoms with E-state index in [0.717, 1.165) is 5.56 Å². The number of aromatic nitrogens is 1. The maximum atomic E-state index is 11.9. The second-order valence-corrected chi connectivity index (χ2v) is 4.96. The van der Waals surface area contributed by atoms with E-state index in [1.165, 1.54) is 12.7 Å². The fourth-order valence-corrected chi connectivity index (χ4v) is 1.50. The van der Waals surface area contributed by atoms with Crippen LogP contribution in [0, 0.1) is 0 Å². The standard InChI is InChI=1S/C14H15NO3/c1-14(2,3)18-13(16)11-6-4-5-10(7-11)12-8-17-9-15-12/h4-9H,1-3H3. The number of carbonyl (C=O) groups is 1. The van der Waals surface area contributed by atoms with Gasteiger partial charge in [-0.15, -0.1) is 0 Å². The first-order valence-corrected chi connectivity index (χ1v) is 5.68. The van der Waals surface area contributed by atoms with Crippen molar-refractivity contribution in [2.75, 3.05) is 0 Å². The second-order valence-electron chi connectivity index (χ2n) is 4.96. The Morgan fingerprint density at radius 2 is 2.11 bits per heavy atom. The molecule has 2 rings (SSSR count). The van der Waals surface area contributed by atoms with Gasteiger partial charge in [0.05, 0.1) is 5.56 Å². The summed E-state index contributed by atoms with van der Waals surface area (Å²) in [6.07, 6.45) is 2.89. The molecular weight excluding hydrogens is 230 g/mol. The third kappa shape index (κ3) is 2.97. The van der Waals surface area contributed by atoms with Gasteiger partial charge < -0.3 is 9.15 Å². The van der Waals surface area contributed by atoms with E-state index in [-0.39, 0.29) is 5.97 Å². The van der Waals surface area contributed by atoms with E-state index in [1.54, 1.807) is 18.2 Å². The Hall–Kier alpha value is -2.10. The van der Waals surface area contributed by atoms with Gasteiger partial charge in [-0.3, -0.25) is 0 Å². The van der Waals surface area contributed by atoms with Crippen molar-refractivity contribution in [1.82, 2.24) is 4.98 Å². The van der Waals surface area contributed by atoms with Crippen LogP contribution in [0.1, 0.15) is 31.1 Å². The molecule has 0 unspecified atom stereocenters. The van der Waals surface area contributed by atoms with Crippen LogP contribution >= 0.6 is 0 Å². The molecule has 0 aliphatic carbocycles. The number of esters is 1. The van der Waals surface area contributed by atoms with Crippen LogP contribution in [0.25, 0.3) is 11.3 Å². The molecule has 0 N–H and O–H groups in total. The molecule has 0 spiro atoms. The third-order valence-corrected chi connectivity index (χ3v) is 2.23. The van der Waals surface area contributed by atoms with Crippen molar-refractivity contribution in [3.63, 3.8) is 0 Å². The zero-order chi connectivity index (χ0) is 13.2. The predicted octanol–water partition coefficient (Wildman–Crippen LogP) is 3.30. The Bertz CT molecular complexity index is 538. The SMILES string of the molecule is CC(C)(C)OC(=O)c1cccc(-c2cocn2)c1. The lowest BCUT2D eigenvalue weighted by Crippen LogP contribution is -2.23. The maximum Gasteiger partial charge on any atom is 0.338 e. The van der Waals surface area contributed by atoms with Crippen molar-refractivity contribution in [3.05, 3.63) is 42.5 Å². The summed E-state index contributed by atoms with van der Waals surface area (Å²) in [5.74, 6) is -0.340. The molecule has 0 radical (unpaired) electrons. The van der Waals surface area contributed by atoms with Crippen LogP contribution in [0.4, 0.5) is 0 Å².